The number of guanidine groups is 1. The molecule has 0 aromatic heterocycles. The number of nitrogens with one attached hydrogen (secondary N) is 2. The van der Waals surface area contributed by atoms with Gasteiger partial charge < -0.3 is 20.3 Å². The van der Waals surface area contributed by atoms with Crippen LogP contribution in [0.15, 0.2) is 4.99 Å². The van der Waals surface area contributed by atoms with Crippen molar-refractivity contribution in [3.8, 4) is 0 Å². The van der Waals surface area contributed by atoms with Gasteiger partial charge in [0.25, 0.3) is 0 Å². The maximum Gasteiger partial charge on any atom is 0.411 e. The first-order chi connectivity index (χ1) is 12.2. The topological polar surface area (TPSA) is 66.0 Å². The number of nitrogens with zero attached hydrogens (tertiary/aromatic N) is 2. The first-order valence-corrected chi connectivity index (χ1v) is 9.08. The summed E-state index contributed by atoms with van der Waals surface area (Å²) < 4.78 is 40.6. The first-order valence-electron chi connectivity index (χ1n) is 9.08. The summed E-state index contributed by atoms with van der Waals surface area (Å²) >= 11 is 0. The molecule has 2 N–H and O–H groups in total. The summed E-state index contributed by atoms with van der Waals surface area (Å²) in [6.07, 6.45) is -0.151. The van der Waals surface area contributed by atoms with Crippen LogP contribution >= 0.6 is 0 Å². The summed E-state index contributed by atoms with van der Waals surface area (Å²) in [5, 5.41) is 6.18. The van der Waals surface area contributed by atoms with Gasteiger partial charge >= 0.3 is 6.18 Å². The van der Waals surface area contributed by atoms with Crippen LogP contribution in [0.2, 0.25) is 0 Å². The molecule has 1 aliphatic carbocycles. The van der Waals surface area contributed by atoms with Gasteiger partial charge in [0.2, 0.25) is 5.91 Å². The monoisotopic (exact) mass is 380 g/mol. The third kappa shape index (κ3) is 7.80. The second kappa shape index (κ2) is 10.6. The van der Waals surface area contributed by atoms with Crippen LogP contribution in [0.1, 0.15) is 39.0 Å². The predicted octanol–water partition coefficient (Wildman–Crippen LogP) is 2.16. The van der Waals surface area contributed by atoms with E-state index in [1.54, 1.807) is 19.0 Å². The van der Waals surface area contributed by atoms with Crippen molar-refractivity contribution in [1.82, 2.24) is 15.5 Å². The third-order valence-corrected chi connectivity index (χ3v) is 4.33. The van der Waals surface area contributed by atoms with Gasteiger partial charge in [-0.15, -0.1) is 0 Å². The molecule has 0 radical (unpaired) electrons. The van der Waals surface area contributed by atoms with Crippen molar-refractivity contribution in [2.75, 3.05) is 46.9 Å². The van der Waals surface area contributed by atoms with E-state index in [-0.39, 0.29) is 12.5 Å². The van der Waals surface area contributed by atoms with Crippen LogP contribution in [-0.2, 0) is 9.53 Å². The maximum absolute atomic E-state index is 12.6. The van der Waals surface area contributed by atoms with Crippen molar-refractivity contribution in [3.63, 3.8) is 0 Å². The summed E-state index contributed by atoms with van der Waals surface area (Å²) in [6.45, 7) is 2.23. The second-order valence-corrected chi connectivity index (χ2v) is 6.83. The molecule has 152 valence electrons. The zero-order chi connectivity index (χ0) is 19.6. The molecule has 0 saturated heterocycles. The molecule has 0 bridgehead atoms. The average Bonchev–Trinajstić information content (AvgIpc) is 3.03. The van der Waals surface area contributed by atoms with Gasteiger partial charge in [0.15, 0.2) is 5.96 Å². The molecule has 1 amide bonds. The highest BCUT2D eigenvalue weighted by atomic mass is 19.4. The summed E-state index contributed by atoms with van der Waals surface area (Å²) in [7, 11) is 3.52. The van der Waals surface area contributed by atoms with E-state index >= 15 is 0 Å². The summed E-state index contributed by atoms with van der Waals surface area (Å²) in [5.74, 6) is 0.677. The number of alkyl halides is 3. The zero-order valence-electron chi connectivity index (χ0n) is 15.9. The van der Waals surface area contributed by atoms with Gasteiger partial charge in [-0.05, 0) is 26.2 Å². The lowest BCUT2D eigenvalue weighted by Gasteiger charge is -2.29. The third-order valence-electron chi connectivity index (χ3n) is 4.33. The van der Waals surface area contributed by atoms with E-state index in [9.17, 15) is 18.0 Å². The number of aliphatic imine (C=N–C) groups is 1. The Morgan fingerprint density at radius 3 is 2.42 bits per heavy atom. The quantitative estimate of drug-likeness (QED) is 0.366. The van der Waals surface area contributed by atoms with Crippen LogP contribution in [0.3, 0.4) is 0 Å². The molecule has 0 aliphatic heterocycles. The molecule has 0 spiro atoms. The molecule has 1 rings (SSSR count). The van der Waals surface area contributed by atoms with E-state index in [0.717, 1.165) is 25.7 Å². The highest BCUT2D eigenvalue weighted by molar-refractivity contribution is 5.84. The number of amides is 1. The smallest absolute Gasteiger partial charge is 0.372 e. The van der Waals surface area contributed by atoms with E-state index < -0.39 is 18.2 Å². The summed E-state index contributed by atoms with van der Waals surface area (Å²) in [5.41, 5.74) is -0.443. The molecule has 0 atom stereocenters. The molecule has 0 aromatic rings. The Morgan fingerprint density at radius 2 is 1.88 bits per heavy atom. The van der Waals surface area contributed by atoms with Crippen molar-refractivity contribution in [2.24, 2.45) is 10.4 Å². The highest BCUT2D eigenvalue weighted by Crippen LogP contribution is 2.39. The number of hydrogen-bond donors (Lipinski definition) is 2. The first kappa shape index (κ1) is 22.5. The van der Waals surface area contributed by atoms with E-state index in [2.05, 4.69) is 20.4 Å². The number of halogens is 3. The Labute approximate surface area is 153 Å². The van der Waals surface area contributed by atoms with Crippen molar-refractivity contribution in [2.45, 2.75) is 45.2 Å². The Kier molecular flexibility index (Phi) is 9.18. The molecule has 1 aliphatic rings. The second-order valence-electron chi connectivity index (χ2n) is 6.83. The van der Waals surface area contributed by atoms with Gasteiger partial charge in [-0.3, -0.25) is 9.79 Å². The number of carbonyl (C=O) groups is 1. The maximum atomic E-state index is 12.6. The fourth-order valence-corrected chi connectivity index (χ4v) is 3.11. The van der Waals surface area contributed by atoms with Crippen molar-refractivity contribution in [3.05, 3.63) is 0 Å². The number of carbonyl (C=O) groups excluding carboxylic acids is 1. The Balaban J connectivity index is 2.50. The summed E-state index contributed by atoms with van der Waals surface area (Å²) in [4.78, 5) is 18.7. The lowest BCUT2D eigenvalue weighted by molar-refractivity contribution is -0.173. The van der Waals surface area contributed by atoms with Crippen molar-refractivity contribution in [1.29, 1.82) is 0 Å². The van der Waals surface area contributed by atoms with E-state index in [4.69, 9.17) is 0 Å². The van der Waals surface area contributed by atoms with Gasteiger partial charge in [0.05, 0.1) is 12.0 Å². The molecule has 26 heavy (non-hydrogen) atoms. The minimum atomic E-state index is -4.29. The fraction of sp³-hybridized carbons (Fsp3) is 0.882. The Hall–Kier alpha value is -1.51. The van der Waals surface area contributed by atoms with Crippen LogP contribution < -0.4 is 10.6 Å². The SMILES string of the molecule is CCNC(=NCC1(C(=O)N(C)C)CCCC1)NCCCOCC(F)(F)F. The van der Waals surface area contributed by atoms with E-state index in [1.807, 2.05) is 6.92 Å². The van der Waals surface area contributed by atoms with Gasteiger partial charge in [0.1, 0.15) is 6.61 Å². The van der Waals surface area contributed by atoms with E-state index in [1.165, 1.54) is 0 Å². The lowest BCUT2D eigenvalue weighted by Crippen LogP contribution is -2.43. The fourth-order valence-electron chi connectivity index (χ4n) is 3.11. The van der Waals surface area contributed by atoms with Crippen LogP contribution in [0.25, 0.3) is 0 Å². The van der Waals surface area contributed by atoms with Crippen molar-refractivity contribution >= 4 is 11.9 Å². The molecule has 0 aromatic carbocycles. The number of rotatable bonds is 9. The molecule has 1 saturated carbocycles. The zero-order valence-corrected chi connectivity index (χ0v) is 15.9. The minimum Gasteiger partial charge on any atom is -0.372 e. The standard InChI is InChI=1S/C17H31F3N4O2/c1-4-21-15(22-10-7-11-26-13-17(18,19)20)23-12-16(8-5-6-9-16)14(25)24(2)3/h4-13H2,1-3H3,(H2,21,22,23). The number of hydrogen-bond acceptors (Lipinski definition) is 3. The van der Waals surface area contributed by atoms with Crippen LogP contribution in [0.4, 0.5) is 13.2 Å². The molecular weight excluding hydrogens is 349 g/mol. The van der Waals surface area contributed by atoms with Gasteiger partial charge in [-0.1, -0.05) is 12.8 Å². The van der Waals surface area contributed by atoms with Crippen LogP contribution in [0, 0.1) is 5.41 Å². The predicted molar refractivity (Wildman–Crippen MR) is 95.1 cm³/mol. The van der Waals surface area contributed by atoms with Crippen molar-refractivity contribution < 1.29 is 22.7 Å². The number of ether oxygens (including phenoxy) is 1. The van der Waals surface area contributed by atoms with Gasteiger partial charge in [0, 0.05) is 33.8 Å². The summed E-state index contributed by atoms with van der Waals surface area (Å²) in [6, 6.07) is 0. The van der Waals surface area contributed by atoms with E-state index in [0.29, 0.717) is 32.0 Å². The minimum absolute atomic E-state index is 0.0228. The van der Waals surface area contributed by atoms with Gasteiger partial charge in [-0.2, -0.15) is 13.2 Å². The van der Waals surface area contributed by atoms with Crippen LogP contribution in [0.5, 0.6) is 0 Å². The molecule has 0 heterocycles. The normalized spacial score (nSPS) is 17.2. The lowest BCUT2D eigenvalue weighted by atomic mass is 9.85. The molecule has 0 unspecified atom stereocenters. The highest BCUT2D eigenvalue weighted by Gasteiger charge is 2.42. The van der Waals surface area contributed by atoms with Crippen LogP contribution in [-0.4, -0.2) is 69.9 Å². The largest absolute Gasteiger partial charge is 0.411 e. The average molecular weight is 380 g/mol. The Bertz CT molecular complexity index is 461. The molecular formula is C17H31F3N4O2. The molecule has 1 fully saturated rings. The van der Waals surface area contributed by atoms with Gasteiger partial charge in [-0.25, -0.2) is 0 Å². The molecule has 6 nitrogen and oxygen atoms in total. The molecule has 9 heteroatoms. The Morgan fingerprint density at radius 1 is 1.23 bits per heavy atom.